The first-order valence-corrected chi connectivity index (χ1v) is 11.9. The van der Waals surface area contributed by atoms with Crippen molar-refractivity contribution in [1.82, 2.24) is 15.2 Å². The molecule has 36 heavy (non-hydrogen) atoms. The standard InChI is InChI=1S/C28H20BrN5O2/c29-22-15-13-20(14-16-22)26-21(18-34(33-26)23-9-2-1-3-10-23)17-30-32-28(36)27(35)31-25-12-6-8-19-7-4-5-11-24(19)25/h1-18H,(H,31,35)(H,32,36)/b30-17+. The normalized spacial score (nSPS) is 11.0. The number of nitrogens with one attached hydrogen (secondary N) is 2. The fraction of sp³-hybridized carbons (Fsp3) is 0. The van der Waals surface area contributed by atoms with Crippen LogP contribution in [-0.2, 0) is 9.59 Å². The number of hydrogen-bond acceptors (Lipinski definition) is 4. The summed E-state index contributed by atoms with van der Waals surface area (Å²) < 4.78 is 2.70. The molecule has 0 fully saturated rings. The van der Waals surface area contributed by atoms with Crippen LogP contribution in [0.1, 0.15) is 5.56 Å². The van der Waals surface area contributed by atoms with Gasteiger partial charge in [0.05, 0.1) is 11.9 Å². The van der Waals surface area contributed by atoms with E-state index < -0.39 is 11.8 Å². The lowest BCUT2D eigenvalue weighted by molar-refractivity contribution is -0.136. The van der Waals surface area contributed by atoms with Gasteiger partial charge in [-0.3, -0.25) is 9.59 Å². The first kappa shape index (κ1) is 23.2. The predicted molar refractivity (Wildman–Crippen MR) is 145 cm³/mol. The van der Waals surface area contributed by atoms with Crippen molar-refractivity contribution in [3.05, 3.63) is 113 Å². The molecule has 0 saturated heterocycles. The average Bonchev–Trinajstić information content (AvgIpc) is 3.34. The maximum Gasteiger partial charge on any atom is 0.329 e. The van der Waals surface area contributed by atoms with Crippen molar-refractivity contribution in [3.63, 3.8) is 0 Å². The molecule has 1 aromatic heterocycles. The lowest BCUT2D eigenvalue weighted by Gasteiger charge is -2.07. The number of para-hydroxylation sites is 1. The van der Waals surface area contributed by atoms with Crippen molar-refractivity contribution in [2.75, 3.05) is 5.32 Å². The molecule has 0 aliphatic heterocycles. The van der Waals surface area contributed by atoms with E-state index in [1.165, 1.54) is 6.21 Å². The Morgan fingerprint density at radius 3 is 2.36 bits per heavy atom. The number of carbonyl (C=O) groups is 2. The minimum atomic E-state index is -0.875. The number of nitrogens with zero attached hydrogens (tertiary/aromatic N) is 3. The molecule has 2 N–H and O–H groups in total. The van der Waals surface area contributed by atoms with E-state index in [4.69, 9.17) is 5.10 Å². The average molecular weight is 538 g/mol. The van der Waals surface area contributed by atoms with E-state index >= 15 is 0 Å². The molecule has 0 spiro atoms. The van der Waals surface area contributed by atoms with Crippen molar-refractivity contribution in [2.45, 2.75) is 0 Å². The Morgan fingerprint density at radius 1 is 0.833 bits per heavy atom. The third-order valence-corrected chi connectivity index (χ3v) is 6.02. The molecule has 176 valence electrons. The minimum absolute atomic E-state index is 0.555. The number of anilines is 1. The third kappa shape index (κ3) is 5.08. The van der Waals surface area contributed by atoms with Crippen molar-refractivity contribution in [2.24, 2.45) is 5.10 Å². The topological polar surface area (TPSA) is 88.4 Å². The Kier molecular flexibility index (Phi) is 6.68. The number of hydrazone groups is 1. The van der Waals surface area contributed by atoms with Gasteiger partial charge in [0.25, 0.3) is 0 Å². The van der Waals surface area contributed by atoms with Gasteiger partial charge in [-0.1, -0.05) is 82.7 Å². The second kappa shape index (κ2) is 10.4. The Morgan fingerprint density at radius 2 is 1.56 bits per heavy atom. The molecule has 7 nitrogen and oxygen atoms in total. The summed E-state index contributed by atoms with van der Waals surface area (Å²) in [5.74, 6) is -1.68. The highest BCUT2D eigenvalue weighted by atomic mass is 79.9. The highest BCUT2D eigenvalue weighted by Gasteiger charge is 2.15. The van der Waals surface area contributed by atoms with Crippen molar-refractivity contribution in [1.29, 1.82) is 0 Å². The molecule has 0 atom stereocenters. The van der Waals surface area contributed by atoms with Crippen LogP contribution in [0.5, 0.6) is 0 Å². The van der Waals surface area contributed by atoms with Gasteiger partial charge in [-0.15, -0.1) is 0 Å². The van der Waals surface area contributed by atoms with Gasteiger partial charge in [0.15, 0.2) is 0 Å². The Bertz CT molecular complexity index is 1570. The summed E-state index contributed by atoms with van der Waals surface area (Å²) in [4.78, 5) is 24.9. The molecule has 2 amide bonds. The summed E-state index contributed by atoms with van der Waals surface area (Å²) in [6.07, 6.45) is 3.30. The van der Waals surface area contributed by atoms with E-state index in [0.717, 1.165) is 26.5 Å². The van der Waals surface area contributed by atoms with Crippen LogP contribution in [0.25, 0.3) is 27.7 Å². The van der Waals surface area contributed by atoms with E-state index in [9.17, 15) is 9.59 Å². The first-order valence-electron chi connectivity index (χ1n) is 11.1. The zero-order valence-electron chi connectivity index (χ0n) is 18.9. The van der Waals surface area contributed by atoms with Crippen molar-refractivity contribution in [3.8, 4) is 16.9 Å². The number of halogens is 1. The Hall–Kier alpha value is -4.56. The van der Waals surface area contributed by atoms with Crippen LogP contribution in [-0.4, -0.2) is 27.8 Å². The van der Waals surface area contributed by atoms with Gasteiger partial charge < -0.3 is 5.32 Å². The lowest BCUT2D eigenvalue weighted by Crippen LogP contribution is -2.32. The number of hydrogen-bond donors (Lipinski definition) is 2. The summed E-state index contributed by atoms with van der Waals surface area (Å²) in [7, 11) is 0. The molecular weight excluding hydrogens is 518 g/mol. The molecule has 0 bridgehead atoms. The van der Waals surface area contributed by atoms with Crippen molar-refractivity contribution < 1.29 is 9.59 Å². The zero-order valence-corrected chi connectivity index (χ0v) is 20.5. The van der Waals surface area contributed by atoms with E-state index in [0.29, 0.717) is 16.9 Å². The van der Waals surface area contributed by atoms with Gasteiger partial charge in [-0.05, 0) is 35.7 Å². The largest absolute Gasteiger partial charge is 0.329 e. The third-order valence-electron chi connectivity index (χ3n) is 5.49. The smallest absolute Gasteiger partial charge is 0.317 e. The predicted octanol–water partition coefficient (Wildman–Crippen LogP) is 5.54. The summed E-state index contributed by atoms with van der Waals surface area (Å²) >= 11 is 3.45. The lowest BCUT2D eigenvalue weighted by atomic mass is 10.1. The van der Waals surface area contributed by atoms with Gasteiger partial charge in [-0.2, -0.15) is 10.2 Å². The number of benzene rings is 4. The molecule has 0 unspecified atom stereocenters. The number of fused-ring (bicyclic) bond motifs is 1. The molecule has 0 aliphatic carbocycles. The van der Waals surface area contributed by atoms with Crippen LogP contribution >= 0.6 is 15.9 Å². The summed E-state index contributed by atoms with van der Waals surface area (Å²) in [5, 5.41) is 13.2. The SMILES string of the molecule is O=C(N/N=C/c1cn(-c2ccccc2)nc1-c1ccc(Br)cc1)C(=O)Nc1cccc2ccccc12. The molecule has 5 aromatic rings. The zero-order chi connectivity index (χ0) is 24.9. The molecule has 0 aliphatic rings. The molecule has 1 heterocycles. The van der Waals surface area contributed by atoms with Gasteiger partial charge in [0.1, 0.15) is 5.69 Å². The van der Waals surface area contributed by atoms with Crippen molar-refractivity contribution >= 4 is 50.4 Å². The molecule has 0 saturated carbocycles. The molecule has 4 aromatic carbocycles. The number of aromatic nitrogens is 2. The molecular formula is C28H20BrN5O2. The number of rotatable bonds is 5. The Balaban J connectivity index is 1.35. The fourth-order valence-electron chi connectivity index (χ4n) is 3.75. The summed E-state index contributed by atoms with van der Waals surface area (Å²) in [6, 6.07) is 30.5. The molecule has 0 radical (unpaired) electrons. The minimum Gasteiger partial charge on any atom is -0.317 e. The summed E-state index contributed by atoms with van der Waals surface area (Å²) in [5.41, 5.74) is 5.99. The van der Waals surface area contributed by atoms with Crippen LogP contribution in [0.15, 0.2) is 113 Å². The maximum atomic E-state index is 12.5. The second-order valence-corrected chi connectivity index (χ2v) is 8.82. The Labute approximate surface area is 215 Å². The van der Waals surface area contributed by atoms with Gasteiger partial charge in [-0.25, -0.2) is 10.1 Å². The van der Waals surface area contributed by atoms with Gasteiger partial charge in [0.2, 0.25) is 0 Å². The van der Waals surface area contributed by atoms with Gasteiger partial charge in [0, 0.05) is 32.9 Å². The van der Waals surface area contributed by atoms with Crippen LogP contribution < -0.4 is 10.7 Å². The van der Waals surface area contributed by atoms with Crippen LogP contribution in [0.3, 0.4) is 0 Å². The van der Waals surface area contributed by atoms with E-state index in [2.05, 4.69) is 31.8 Å². The van der Waals surface area contributed by atoms with Gasteiger partial charge >= 0.3 is 11.8 Å². The van der Waals surface area contributed by atoms with Crippen LogP contribution in [0.4, 0.5) is 5.69 Å². The monoisotopic (exact) mass is 537 g/mol. The highest BCUT2D eigenvalue weighted by molar-refractivity contribution is 9.10. The quantitative estimate of drug-likeness (QED) is 0.175. The molecule has 8 heteroatoms. The maximum absolute atomic E-state index is 12.5. The molecule has 5 rings (SSSR count). The fourth-order valence-corrected chi connectivity index (χ4v) is 4.02. The highest BCUT2D eigenvalue weighted by Crippen LogP contribution is 2.25. The first-order chi connectivity index (χ1) is 17.6. The number of amides is 2. The number of carbonyl (C=O) groups excluding carboxylic acids is 2. The second-order valence-electron chi connectivity index (χ2n) is 7.90. The van der Waals surface area contributed by atoms with Crippen LogP contribution in [0, 0.1) is 0 Å². The van der Waals surface area contributed by atoms with E-state index in [1.807, 2.05) is 97.2 Å². The van der Waals surface area contributed by atoms with E-state index in [1.54, 1.807) is 10.7 Å². The van der Waals surface area contributed by atoms with E-state index in [-0.39, 0.29) is 0 Å². The van der Waals surface area contributed by atoms with Crippen LogP contribution in [0.2, 0.25) is 0 Å². The summed E-state index contributed by atoms with van der Waals surface area (Å²) in [6.45, 7) is 0.